The Balaban J connectivity index is 2.00. The Morgan fingerprint density at radius 2 is 1.38 bits per heavy atom. The van der Waals surface area contributed by atoms with E-state index >= 15 is 0 Å². The highest BCUT2D eigenvalue weighted by atomic mass is 16.6. The van der Waals surface area contributed by atoms with Gasteiger partial charge in [0, 0.05) is 12.8 Å². The average molecular weight is 471 g/mol. The largest absolute Gasteiger partial charge is 0.508 e. The summed E-state index contributed by atoms with van der Waals surface area (Å²) in [5, 5.41) is 21.5. The van der Waals surface area contributed by atoms with Gasteiger partial charge >= 0.3 is 11.9 Å². The van der Waals surface area contributed by atoms with Gasteiger partial charge in [-0.1, -0.05) is 56.9 Å². The van der Waals surface area contributed by atoms with Crippen molar-refractivity contribution in [2.75, 3.05) is 0 Å². The normalized spacial score (nSPS) is 12.5. The van der Waals surface area contributed by atoms with E-state index in [0.717, 1.165) is 31.2 Å². The number of ether oxygens (including phenoxy) is 1. The summed E-state index contributed by atoms with van der Waals surface area (Å²) in [4.78, 5) is 37.6. The molecule has 2 atom stereocenters. The number of aromatic hydroxyl groups is 2. The molecule has 184 valence electrons. The Morgan fingerprint density at radius 3 is 1.94 bits per heavy atom. The van der Waals surface area contributed by atoms with Crippen molar-refractivity contribution in [3.8, 4) is 11.5 Å². The van der Waals surface area contributed by atoms with E-state index in [0.29, 0.717) is 12.0 Å². The summed E-state index contributed by atoms with van der Waals surface area (Å²) in [5.74, 6) is -1.87. The number of unbranched alkanes of at least 4 members (excludes halogenated alkanes) is 4. The molecule has 5 N–H and O–H groups in total. The van der Waals surface area contributed by atoms with E-state index in [2.05, 4.69) is 12.2 Å². The molecule has 34 heavy (non-hydrogen) atoms. The molecule has 0 fully saturated rings. The van der Waals surface area contributed by atoms with Crippen LogP contribution >= 0.6 is 0 Å². The van der Waals surface area contributed by atoms with Crippen molar-refractivity contribution >= 4 is 17.8 Å². The van der Waals surface area contributed by atoms with Gasteiger partial charge in [0.25, 0.3) is 0 Å². The van der Waals surface area contributed by atoms with Gasteiger partial charge in [-0.3, -0.25) is 9.59 Å². The van der Waals surface area contributed by atoms with Crippen molar-refractivity contribution in [2.24, 2.45) is 5.73 Å². The zero-order chi connectivity index (χ0) is 24.9. The van der Waals surface area contributed by atoms with Crippen LogP contribution in [0.25, 0.3) is 0 Å². The highest BCUT2D eigenvalue weighted by Gasteiger charge is 2.27. The first-order chi connectivity index (χ1) is 16.3. The molecule has 2 aromatic rings. The maximum atomic E-state index is 12.7. The number of carbonyl (C=O) groups excluding carboxylic acids is 3. The van der Waals surface area contributed by atoms with Crippen LogP contribution in [0.5, 0.6) is 11.5 Å². The fraction of sp³-hybridized carbons (Fsp3) is 0.423. The third-order valence-corrected chi connectivity index (χ3v) is 5.40. The summed E-state index contributed by atoms with van der Waals surface area (Å²) in [7, 11) is 0. The van der Waals surface area contributed by atoms with Crippen molar-refractivity contribution in [3.05, 3.63) is 59.7 Å². The topological polar surface area (TPSA) is 139 Å². The number of nitrogens with one attached hydrogen (secondary N) is 1. The first-order valence-corrected chi connectivity index (χ1v) is 11.6. The lowest BCUT2D eigenvalue weighted by Gasteiger charge is -2.20. The summed E-state index contributed by atoms with van der Waals surface area (Å²) in [6, 6.07) is 10.4. The van der Waals surface area contributed by atoms with Crippen LogP contribution < -0.4 is 11.1 Å². The van der Waals surface area contributed by atoms with Gasteiger partial charge < -0.3 is 26.0 Å². The van der Waals surface area contributed by atoms with Crippen LogP contribution in [0.4, 0.5) is 0 Å². The molecule has 0 saturated carbocycles. The Labute approximate surface area is 200 Å². The van der Waals surface area contributed by atoms with Crippen molar-refractivity contribution in [3.63, 3.8) is 0 Å². The van der Waals surface area contributed by atoms with Crippen molar-refractivity contribution in [1.29, 1.82) is 0 Å². The Bertz CT molecular complexity index is 927. The van der Waals surface area contributed by atoms with Gasteiger partial charge in [0.05, 0.1) is 6.04 Å². The van der Waals surface area contributed by atoms with E-state index in [4.69, 9.17) is 10.5 Å². The molecule has 2 rings (SSSR count). The smallest absolute Gasteiger partial charge is 0.336 e. The van der Waals surface area contributed by atoms with E-state index in [1.807, 2.05) is 0 Å². The molecule has 0 saturated heterocycles. The molecule has 8 heteroatoms. The number of nitrogens with two attached hydrogens (primary N) is 1. The van der Waals surface area contributed by atoms with Gasteiger partial charge in [-0.05, 0) is 48.2 Å². The number of hydrogen-bond acceptors (Lipinski definition) is 7. The Hall–Kier alpha value is -3.39. The second-order valence-corrected chi connectivity index (χ2v) is 8.37. The van der Waals surface area contributed by atoms with Gasteiger partial charge in [0.15, 0.2) is 0 Å². The SMILES string of the molecule is CCCCCCCC(=O)OC(=O)[C@H](Cc1ccc(O)cc1)NC(=O)[C@@H](N)Cc1ccc(O)cc1. The predicted octanol–water partition coefficient (Wildman–Crippen LogP) is 3.13. The summed E-state index contributed by atoms with van der Waals surface area (Å²) in [5.41, 5.74) is 7.44. The zero-order valence-corrected chi connectivity index (χ0v) is 19.5. The van der Waals surface area contributed by atoms with Gasteiger partial charge in [-0.25, -0.2) is 4.79 Å². The third kappa shape index (κ3) is 9.62. The minimum absolute atomic E-state index is 0.0700. The molecule has 0 aromatic heterocycles. The van der Waals surface area contributed by atoms with E-state index in [1.165, 1.54) is 24.3 Å². The van der Waals surface area contributed by atoms with Crippen LogP contribution in [0, 0.1) is 0 Å². The molecule has 0 radical (unpaired) electrons. The first kappa shape index (κ1) is 26.9. The van der Waals surface area contributed by atoms with Crippen LogP contribution in [-0.2, 0) is 32.0 Å². The number of amides is 1. The molecule has 0 unspecified atom stereocenters. The van der Waals surface area contributed by atoms with Gasteiger partial charge in [-0.15, -0.1) is 0 Å². The third-order valence-electron chi connectivity index (χ3n) is 5.40. The Kier molecular flexibility index (Phi) is 11.1. The molecular weight excluding hydrogens is 436 g/mol. The number of phenols is 2. The molecule has 0 heterocycles. The molecular formula is C26H34N2O6. The monoisotopic (exact) mass is 470 g/mol. The fourth-order valence-corrected chi connectivity index (χ4v) is 3.43. The fourth-order valence-electron chi connectivity index (χ4n) is 3.43. The molecule has 0 aliphatic heterocycles. The second kappa shape index (κ2) is 14.0. The minimum atomic E-state index is -1.12. The Morgan fingerprint density at radius 1 is 0.853 bits per heavy atom. The number of carbonyl (C=O) groups is 3. The molecule has 2 aromatic carbocycles. The summed E-state index contributed by atoms with van der Waals surface area (Å²) >= 11 is 0. The van der Waals surface area contributed by atoms with Crippen molar-refractivity contribution in [2.45, 2.75) is 70.4 Å². The van der Waals surface area contributed by atoms with E-state index in [-0.39, 0.29) is 30.8 Å². The maximum Gasteiger partial charge on any atom is 0.336 e. The highest BCUT2D eigenvalue weighted by molar-refractivity contribution is 5.92. The van der Waals surface area contributed by atoms with Crippen LogP contribution in [0.2, 0.25) is 0 Å². The summed E-state index contributed by atoms with van der Waals surface area (Å²) in [6.45, 7) is 2.10. The molecule has 0 bridgehead atoms. The van der Waals surface area contributed by atoms with E-state index < -0.39 is 29.9 Å². The van der Waals surface area contributed by atoms with Crippen LogP contribution in [0.15, 0.2) is 48.5 Å². The lowest BCUT2D eigenvalue weighted by molar-refractivity contribution is -0.162. The van der Waals surface area contributed by atoms with Crippen molar-refractivity contribution in [1.82, 2.24) is 5.32 Å². The lowest BCUT2D eigenvalue weighted by atomic mass is 10.0. The molecule has 0 aliphatic carbocycles. The first-order valence-electron chi connectivity index (χ1n) is 11.6. The number of hydrogen-bond donors (Lipinski definition) is 4. The number of benzene rings is 2. The van der Waals surface area contributed by atoms with Gasteiger partial charge in [0.2, 0.25) is 5.91 Å². The van der Waals surface area contributed by atoms with Crippen LogP contribution in [0.1, 0.15) is 56.6 Å². The number of esters is 2. The quantitative estimate of drug-likeness (QED) is 0.200. The van der Waals surface area contributed by atoms with E-state index in [1.54, 1.807) is 24.3 Å². The molecule has 0 aliphatic rings. The lowest BCUT2D eigenvalue weighted by Crippen LogP contribution is -2.50. The molecule has 8 nitrogen and oxygen atoms in total. The second-order valence-electron chi connectivity index (χ2n) is 8.37. The van der Waals surface area contributed by atoms with E-state index in [9.17, 15) is 24.6 Å². The van der Waals surface area contributed by atoms with Crippen molar-refractivity contribution < 1.29 is 29.3 Å². The van der Waals surface area contributed by atoms with Gasteiger partial charge in [-0.2, -0.15) is 0 Å². The summed E-state index contributed by atoms with van der Waals surface area (Å²) in [6.07, 6.45) is 5.14. The molecule has 1 amide bonds. The number of phenolic OH excluding ortho intramolecular Hbond substituents is 2. The number of rotatable bonds is 13. The standard InChI is InChI=1S/C26H34N2O6/c1-2-3-4-5-6-7-24(31)34-26(33)23(17-19-10-14-21(30)15-11-19)28-25(32)22(27)16-18-8-12-20(29)13-9-18/h8-15,22-23,29-30H,2-7,16-17,27H2,1H3,(H,28,32)/t22-,23-/m0/s1. The maximum absolute atomic E-state index is 12.7. The van der Waals surface area contributed by atoms with Crippen LogP contribution in [0.3, 0.4) is 0 Å². The minimum Gasteiger partial charge on any atom is -0.508 e. The molecule has 0 spiro atoms. The van der Waals surface area contributed by atoms with Gasteiger partial charge in [0.1, 0.15) is 17.5 Å². The predicted molar refractivity (Wildman–Crippen MR) is 128 cm³/mol. The zero-order valence-electron chi connectivity index (χ0n) is 19.5. The highest BCUT2D eigenvalue weighted by Crippen LogP contribution is 2.14. The van der Waals surface area contributed by atoms with Crippen LogP contribution in [-0.4, -0.2) is 40.1 Å². The average Bonchev–Trinajstić information content (AvgIpc) is 2.81. The summed E-state index contributed by atoms with van der Waals surface area (Å²) < 4.78 is 5.02.